The highest BCUT2D eigenvalue weighted by Crippen LogP contribution is 2.26. The van der Waals surface area contributed by atoms with E-state index in [0.717, 1.165) is 24.5 Å². The molecule has 3 N–H and O–H groups in total. The third kappa shape index (κ3) is 5.02. The van der Waals surface area contributed by atoms with Crippen LogP contribution in [0, 0.1) is 0 Å². The van der Waals surface area contributed by atoms with Crippen LogP contribution in [0.1, 0.15) is 19.8 Å². The molecule has 0 aliphatic carbocycles. The molecule has 1 saturated heterocycles. The van der Waals surface area contributed by atoms with Gasteiger partial charge in [0.15, 0.2) is 11.5 Å². The normalized spacial score (nSPS) is 16.1. The summed E-state index contributed by atoms with van der Waals surface area (Å²) in [5.74, 6) is 1.72. The molecule has 2 rings (SSSR count). The molecule has 0 atom stereocenters. The summed E-state index contributed by atoms with van der Waals surface area (Å²) < 4.78 is 11.4. The molecular weight excluding hydrogens is 252 g/mol. The Hall–Kier alpha value is -1.26. The number of unbranched alkanes of at least 4 members (excludes halogenated alkanes) is 1. The number of hydrogen-bond acceptors (Lipinski definition) is 2. The van der Waals surface area contributed by atoms with E-state index >= 15 is 0 Å². The third-order valence-corrected chi connectivity index (χ3v) is 3.74. The van der Waals surface area contributed by atoms with Gasteiger partial charge in [-0.15, -0.1) is 0 Å². The Balaban J connectivity index is 1.63. The van der Waals surface area contributed by atoms with Gasteiger partial charge in [0.1, 0.15) is 26.2 Å². The van der Waals surface area contributed by atoms with Gasteiger partial charge in [-0.05, 0) is 31.9 Å². The topological polar surface area (TPSA) is 39.5 Å². The number of hydrogen-bond donors (Lipinski definition) is 2. The maximum atomic E-state index is 5.84. The number of ether oxygens (including phenoxy) is 2. The second-order valence-electron chi connectivity index (χ2n) is 5.30. The predicted molar refractivity (Wildman–Crippen MR) is 79.6 cm³/mol. The lowest BCUT2D eigenvalue weighted by atomic mass is 10.2. The summed E-state index contributed by atoms with van der Waals surface area (Å²) in [5.41, 5.74) is 0. The predicted octanol–water partition coefficient (Wildman–Crippen LogP) is -0.294. The van der Waals surface area contributed by atoms with Crippen LogP contribution in [0.15, 0.2) is 24.3 Å². The van der Waals surface area contributed by atoms with Crippen LogP contribution < -0.4 is 19.7 Å². The van der Waals surface area contributed by atoms with Crippen LogP contribution in [-0.2, 0) is 0 Å². The van der Waals surface area contributed by atoms with Crippen LogP contribution in [0.5, 0.6) is 11.5 Å². The largest absolute Gasteiger partial charge is 0.490 e. The lowest BCUT2D eigenvalue weighted by Crippen LogP contribution is -3.20. The number of nitrogens with one attached hydrogen (secondary N) is 1. The molecule has 0 spiro atoms. The quantitative estimate of drug-likeness (QED) is 0.642. The summed E-state index contributed by atoms with van der Waals surface area (Å²) in [4.78, 5) is 1.75. The van der Waals surface area contributed by atoms with E-state index in [1.807, 2.05) is 31.2 Å². The highest BCUT2D eigenvalue weighted by atomic mass is 16.5. The van der Waals surface area contributed by atoms with E-state index < -0.39 is 0 Å². The minimum Gasteiger partial charge on any atom is -0.490 e. The highest BCUT2D eigenvalue weighted by Gasteiger charge is 2.14. The van der Waals surface area contributed by atoms with Crippen molar-refractivity contribution < 1.29 is 19.7 Å². The summed E-state index contributed by atoms with van der Waals surface area (Å²) in [5, 5.41) is 2.41. The number of nitrogens with two attached hydrogens (primary N) is 1. The minimum atomic E-state index is 0.676. The van der Waals surface area contributed by atoms with E-state index in [-0.39, 0.29) is 0 Å². The van der Waals surface area contributed by atoms with Crippen molar-refractivity contribution in [3.8, 4) is 11.5 Å². The van der Waals surface area contributed by atoms with Crippen LogP contribution in [0.2, 0.25) is 0 Å². The lowest BCUT2D eigenvalue weighted by Gasteiger charge is -2.22. The number of quaternary nitrogens is 2. The fourth-order valence-corrected chi connectivity index (χ4v) is 2.64. The average Bonchev–Trinajstić information content (AvgIpc) is 2.50. The second-order valence-corrected chi connectivity index (χ2v) is 5.30. The molecule has 0 unspecified atom stereocenters. The molecule has 0 amide bonds. The Labute approximate surface area is 122 Å². The molecule has 1 aliphatic rings. The first-order valence-corrected chi connectivity index (χ1v) is 7.90. The van der Waals surface area contributed by atoms with E-state index in [1.165, 1.54) is 39.1 Å². The Morgan fingerprint density at radius 2 is 1.75 bits per heavy atom. The molecule has 0 aromatic heterocycles. The fourth-order valence-electron chi connectivity index (χ4n) is 2.64. The molecule has 1 aliphatic heterocycles. The maximum Gasteiger partial charge on any atom is 0.161 e. The zero-order chi connectivity index (χ0) is 14.0. The maximum absolute atomic E-state index is 5.84. The van der Waals surface area contributed by atoms with Crippen molar-refractivity contribution in [2.24, 2.45) is 0 Å². The van der Waals surface area contributed by atoms with E-state index in [4.69, 9.17) is 9.47 Å². The standard InChI is InChI=1S/C16H26N2O2/c1-2-19-15-7-3-4-8-16(15)20-14-6-5-11-18-12-9-17-10-13-18/h3-4,7-8,17H,2,5-6,9-14H2,1H3/p+2. The van der Waals surface area contributed by atoms with Crippen LogP contribution in [-0.4, -0.2) is 45.9 Å². The van der Waals surface area contributed by atoms with Crippen molar-refractivity contribution >= 4 is 0 Å². The molecule has 1 aromatic rings. The van der Waals surface area contributed by atoms with Crippen LogP contribution in [0.25, 0.3) is 0 Å². The molecule has 0 saturated carbocycles. The number of rotatable bonds is 8. The van der Waals surface area contributed by atoms with Gasteiger partial charge < -0.3 is 19.7 Å². The summed E-state index contributed by atoms with van der Waals surface area (Å²) in [7, 11) is 0. The smallest absolute Gasteiger partial charge is 0.161 e. The van der Waals surface area contributed by atoms with Gasteiger partial charge >= 0.3 is 0 Å². The van der Waals surface area contributed by atoms with Crippen molar-refractivity contribution in [2.45, 2.75) is 19.8 Å². The molecule has 1 aromatic carbocycles. The van der Waals surface area contributed by atoms with Gasteiger partial charge in [0.2, 0.25) is 0 Å². The summed E-state index contributed by atoms with van der Waals surface area (Å²) in [6.07, 6.45) is 2.36. The van der Waals surface area contributed by atoms with Crippen LogP contribution in [0.3, 0.4) is 0 Å². The minimum absolute atomic E-state index is 0.676. The Morgan fingerprint density at radius 3 is 2.45 bits per heavy atom. The molecule has 4 nitrogen and oxygen atoms in total. The van der Waals surface area contributed by atoms with Gasteiger partial charge in [-0.3, -0.25) is 0 Å². The van der Waals surface area contributed by atoms with Gasteiger partial charge in [0, 0.05) is 0 Å². The first-order chi connectivity index (χ1) is 9.90. The van der Waals surface area contributed by atoms with E-state index in [1.54, 1.807) is 4.90 Å². The average molecular weight is 280 g/mol. The summed E-state index contributed by atoms with van der Waals surface area (Å²) >= 11 is 0. The molecule has 1 heterocycles. The first-order valence-electron chi connectivity index (χ1n) is 7.90. The zero-order valence-corrected chi connectivity index (χ0v) is 12.6. The molecule has 1 fully saturated rings. The van der Waals surface area contributed by atoms with E-state index in [9.17, 15) is 0 Å². The zero-order valence-electron chi connectivity index (χ0n) is 12.6. The van der Waals surface area contributed by atoms with Crippen molar-refractivity contribution in [3.63, 3.8) is 0 Å². The SMILES string of the molecule is CCOc1ccccc1OCCCC[NH+]1CC[NH2+]CC1. The lowest BCUT2D eigenvalue weighted by molar-refractivity contribution is -0.946. The number of para-hydroxylation sites is 2. The van der Waals surface area contributed by atoms with Crippen molar-refractivity contribution in [1.29, 1.82) is 0 Å². The van der Waals surface area contributed by atoms with Gasteiger partial charge in [-0.1, -0.05) is 12.1 Å². The molecular formula is C16H28N2O2+2. The number of benzene rings is 1. The fraction of sp³-hybridized carbons (Fsp3) is 0.625. The van der Waals surface area contributed by atoms with Gasteiger partial charge in [0.25, 0.3) is 0 Å². The highest BCUT2D eigenvalue weighted by molar-refractivity contribution is 5.39. The Morgan fingerprint density at radius 1 is 1.05 bits per heavy atom. The van der Waals surface area contributed by atoms with Crippen LogP contribution in [0.4, 0.5) is 0 Å². The molecule has 4 heteroatoms. The van der Waals surface area contributed by atoms with Gasteiger partial charge in [-0.25, -0.2) is 0 Å². The van der Waals surface area contributed by atoms with Crippen LogP contribution >= 0.6 is 0 Å². The number of piperazine rings is 1. The van der Waals surface area contributed by atoms with Crippen molar-refractivity contribution in [3.05, 3.63) is 24.3 Å². The molecule has 112 valence electrons. The first kappa shape index (κ1) is 15.1. The van der Waals surface area contributed by atoms with Gasteiger partial charge in [-0.2, -0.15) is 0 Å². The Bertz CT molecular complexity index is 378. The van der Waals surface area contributed by atoms with E-state index in [0.29, 0.717) is 6.61 Å². The van der Waals surface area contributed by atoms with Gasteiger partial charge in [0.05, 0.1) is 19.8 Å². The molecule has 20 heavy (non-hydrogen) atoms. The Kier molecular flexibility index (Phi) is 6.68. The molecule has 0 bridgehead atoms. The summed E-state index contributed by atoms with van der Waals surface area (Å²) in [6.45, 7) is 9.93. The van der Waals surface area contributed by atoms with Crippen molar-refractivity contribution in [2.75, 3.05) is 45.9 Å². The molecule has 0 radical (unpaired) electrons. The second kappa shape index (κ2) is 8.82. The summed E-state index contributed by atoms with van der Waals surface area (Å²) in [6, 6.07) is 7.92. The van der Waals surface area contributed by atoms with E-state index in [2.05, 4.69) is 5.32 Å². The van der Waals surface area contributed by atoms with Crippen molar-refractivity contribution in [1.82, 2.24) is 0 Å². The third-order valence-electron chi connectivity index (χ3n) is 3.74. The monoisotopic (exact) mass is 280 g/mol.